The van der Waals surface area contributed by atoms with E-state index in [9.17, 15) is 24.1 Å². The first kappa shape index (κ1) is 24.1. The minimum Gasteiger partial charge on any atom is -0.463 e. The monoisotopic (exact) mass is 519 g/mol. The summed E-state index contributed by atoms with van der Waals surface area (Å²) in [6, 6.07) is 16.1. The molecule has 37 heavy (non-hydrogen) atoms. The van der Waals surface area contributed by atoms with Crippen molar-refractivity contribution < 1.29 is 23.3 Å². The van der Waals surface area contributed by atoms with Crippen LogP contribution in [0, 0.1) is 15.9 Å². The largest absolute Gasteiger partial charge is 0.463 e. The molecule has 3 heterocycles. The predicted molar refractivity (Wildman–Crippen MR) is 133 cm³/mol. The molecule has 0 aliphatic carbocycles. The summed E-state index contributed by atoms with van der Waals surface area (Å²) in [4.78, 5) is 42.2. The Kier molecular flexibility index (Phi) is 6.36. The number of ether oxygens (including phenoxy) is 1. The number of thiazole rings is 1. The third kappa shape index (κ3) is 4.52. The molecule has 0 unspecified atom stereocenters. The van der Waals surface area contributed by atoms with Gasteiger partial charge < -0.3 is 9.15 Å². The Hall–Kier alpha value is -4.64. The number of benzene rings is 2. The molecule has 0 radical (unpaired) electrons. The van der Waals surface area contributed by atoms with Crippen molar-refractivity contribution in [1.82, 2.24) is 4.57 Å². The Morgan fingerprint density at radius 1 is 1.19 bits per heavy atom. The number of carbonyl (C=O) groups is 1. The second-order valence-corrected chi connectivity index (χ2v) is 8.93. The van der Waals surface area contributed by atoms with Crippen LogP contribution in [0.5, 0.6) is 0 Å². The van der Waals surface area contributed by atoms with Gasteiger partial charge in [0.15, 0.2) is 4.80 Å². The fourth-order valence-corrected chi connectivity index (χ4v) is 5.03. The van der Waals surface area contributed by atoms with E-state index in [0.29, 0.717) is 21.6 Å². The highest BCUT2D eigenvalue weighted by atomic mass is 32.1. The van der Waals surface area contributed by atoms with Gasteiger partial charge in [-0.1, -0.05) is 53.8 Å². The summed E-state index contributed by atoms with van der Waals surface area (Å²) >= 11 is 1.04. The van der Waals surface area contributed by atoms with E-state index < -0.39 is 34.2 Å². The smallest absolute Gasteiger partial charge is 0.433 e. The second-order valence-electron chi connectivity index (χ2n) is 7.92. The lowest BCUT2D eigenvalue weighted by Gasteiger charge is -2.25. The van der Waals surface area contributed by atoms with Crippen LogP contribution >= 0.6 is 11.3 Å². The molecule has 2 aromatic carbocycles. The third-order valence-electron chi connectivity index (χ3n) is 5.63. The number of fused-ring (bicyclic) bond motifs is 1. The molecule has 1 atom stereocenters. The summed E-state index contributed by atoms with van der Waals surface area (Å²) in [5.41, 5.74) is 1.08. The van der Waals surface area contributed by atoms with Crippen LogP contribution in [-0.4, -0.2) is 22.1 Å². The van der Waals surface area contributed by atoms with Crippen LogP contribution in [0.25, 0.3) is 11.8 Å². The molecular weight excluding hydrogens is 501 g/mol. The highest BCUT2D eigenvalue weighted by Crippen LogP contribution is 2.35. The Balaban J connectivity index is 1.80. The molecule has 186 valence electrons. The fourth-order valence-electron chi connectivity index (χ4n) is 4.05. The first-order valence-corrected chi connectivity index (χ1v) is 12.0. The highest BCUT2D eigenvalue weighted by molar-refractivity contribution is 7.07. The van der Waals surface area contributed by atoms with Crippen LogP contribution in [0.4, 0.5) is 10.3 Å². The average molecular weight is 520 g/mol. The standard InChI is InChI=1S/C26H18FN3O6S/c1-2-35-25(32)21-22(15-6-4-3-5-7-15)28-26-29(23(21)16-8-10-17(27)11-9-16)24(31)19(37-26)14-18-12-13-20(36-18)30(33)34/h3-14,23H,2H2,1H3/b19-14-/t23-/m1/s1. The van der Waals surface area contributed by atoms with Crippen LogP contribution in [0.3, 0.4) is 0 Å². The summed E-state index contributed by atoms with van der Waals surface area (Å²) in [6.07, 6.45) is 1.38. The minimum absolute atomic E-state index is 0.0994. The van der Waals surface area contributed by atoms with E-state index in [4.69, 9.17) is 9.15 Å². The average Bonchev–Trinajstić information content (AvgIpc) is 3.49. The molecule has 1 aliphatic rings. The normalized spacial score (nSPS) is 15.3. The van der Waals surface area contributed by atoms with Crippen molar-refractivity contribution in [1.29, 1.82) is 0 Å². The number of furan rings is 1. The molecule has 2 aromatic heterocycles. The van der Waals surface area contributed by atoms with Crippen molar-refractivity contribution in [3.63, 3.8) is 0 Å². The van der Waals surface area contributed by atoms with E-state index in [0.717, 1.165) is 11.3 Å². The first-order chi connectivity index (χ1) is 17.9. The van der Waals surface area contributed by atoms with Crippen LogP contribution in [0.1, 0.15) is 29.9 Å². The van der Waals surface area contributed by atoms with Gasteiger partial charge in [0, 0.05) is 11.6 Å². The van der Waals surface area contributed by atoms with Crippen molar-refractivity contribution in [3.8, 4) is 0 Å². The zero-order valence-corrected chi connectivity index (χ0v) is 20.1. The van der Waals surface area contributed by atoms with Gasteiger partial charge in [-0.3, -0.25) is 19.5 Å². The summed E-state index contributed by atoms with van der Waals surface area (Å²) < 4.78 is 25.9. The molecule has 0 saturated heterocycles. The Morgan fingerprint density at radius 3 is 2.57 bits per heavy atom. The van der Waals surface area contributed by atoms with Gasteiger partial charge in [-0.15, -0.1) is 0 Å². The van der Waals surface area contributed by atoms with E-state index >= 15 is 0 Å². The zero-order chi connectivity index (χ0) is 26.1. The van der Waals surface area contributed by atoms with Crippen LogP contribution in [-0.2, 0) is 9.53 Å². The quantitative estimate of drug-likeness (QED) is 0.218. The minimum atomic E-state index is -0.959. The predicted octanol–water partition coefficient (Wildman–Crippen LogP) is 3.58. The number of halogens is 1. The molecule has 5 rings (SSSR count). The van der Waals surface area contributed by atoms with Crippen molar-refractivity contribution in [3.05, 3.63) is 125 Å². The summed E-state index contributed by atoms with van der Waals surface area (Å²) in [5.74, 6) is -1.47. The van der Waals surface area contributed by atoms with E-state index in [2.05, 4.69) is 4.99 Å². The number of nitro groups is 1. The number of hydrogen-bond acceptors (Lipinski definition) is 8. The topological polar surface area (TPSA) is 117 Å². The van der Waals surface area contributed by atoms with Gasteiger partial charge in [-0.05, 0) is 30.7 Å². The number of aromatic nitrogens is 1. The lowest BCUT2D eigenvalue weighted by atomic mass is 9.93. The Morgan fingerprint density at radius 2 is 1.92 bits per heavy atom. The summed E-state index contributed by atoms with van der Waals surface area (Å²) in [7, 11) is 0. The van der Waals surface area contributed by atoms with Gasteiger partial charge in [0.1, 0.15) is 16.5 Å². The van der Waals surface area contributed by atoms with E-state index in [1.54, 1.807) is 31.2 Å². The number of nitrogens with zero attached hydrogens (tertiary/aromatic N) is 3. The molecule has 1 aliphatic heterocycles. The number of esters is 1. The molecule has 0 amide bonds. The maximum absolute atomic E-state index is 13.8. The number of hydrogen-bond donors (Lipinski definition) is 0. The molecule has 0 spiro atoms. The fraction of sp³-hybridized carbons (Fsp3) is 0.115. The van der Waals surface area contributed by atoms with Crippen molar-refractivity contribution in [2.24, 2.45) is 4.99 Å². The maximum atomic E-state index is 13.8. The van der Waals surface area contributed by atoms with E-state index in [1.807, 2.05) is 6.07 Å². The molecule has 4 aromatic rings. The van der Waals surface area contributed by atoms with Gasteiger partial charge in [0.05, 0.1) is 34.5 Å². The summed E-state index contributed by atoms with van der Waals surface area (Å²) in [6.45, 7) is 1.77. The SMILES string of the molecule is CCOC(=O)C1=C(c2ccccc2)N=c2s/c(=C\c3ccc([N+](=O)[O-])o3)c(=O)n2[C@@H]1c1ccc(F)cc1. The maximum Gasteiger partial charge on any atom is 0.433 e. The van der Waals surface area contributed by atoms with Crippen LogP contribution < -0.4 is 14.9 Å². The summed E-state index contributed by atoms with van der Waals surface area (Å²) in [5, 5.41) is 11.0. The molecule has 0 bridgehead atoms. The lowest BCUT2D eigenvalue weighted by molar-refractivity contribution is -0.402. The van der Waals surface area contributed by atoms with E-state index in [1.165, 1.54) is 47.0 Å². The van der Waals surface area contributed by atoms with Gasteiger partial charge in [0.2, 0.25) is 0 Å². The van der Waals surface area contributed by atoms with Gasteiger partial charge in [0.25, 0.3) is 5.56 Å². The molecule has 0 saturated carbocycles. The Bertz CT molecular complexity index is 1720. The van der Waals surface area contributed by atoms with Crippen LogP contribution in [0.15, 0.2) is 86.5 Å². The number of rotatable bonds is 6. The second kappa shape index (κ2) is 9.78. The zero-order valence-electron chi connectivity index (χ0n) is 19.3. The lowest BCUT2D eigenvalue weighted by Crippen LogP contribution is -2.40. The van der Waals surface area contributed by atoms with Gasteiger partial charge in [-0.2, -0.15) is 0 Å². The van der Waals surface area contributed by atoms with Crippen molar-refractivity contribution >= 4 is 35.0 Å². The molecule has 0 fully saturated rings. The highest BCUT2D eigenvalue weighted by Gasteiger charge is 2.35. The van der Waals surface area contributed by atoms with Gasteiger partial charge >= 0.3 is 11.9 Å². The molecular formula is C26H18FN3O6S. The third-order valence-corrected chi connectivity index (χ3v) is 6.61. The van der Waals surface area contributed by atoms with Crippen molar-refractivity contribution in [2.45, 2.75) is 13.0 Å². The Labute approximate surface area is 212 Å². The van der Waals surface area contributed by atoms with Gasteiger partial charge in [-0.25, -0.2) is 14.2 Å². The molecule has 0 N–H and O–H groups in total. The molecule has 9 nitrogen and oxygen atoms in total. The first-order valence-electron chi connectivity index (χ1n) is 11.2. The van der Waals surface area contributed by atoms with Crippen LogP contribution in [0.2, 0.25) is 0 Å². The van der Waals surface area contributed by atoms with Crippen molar-refractivity contribution in [2.75, 3.05) is 6.61 Å². The number of carbonyl (C=O) groups excluding carboxylic acids is 1. The molecule has 11 heteroatoms. The van der Waals surface area contributed by atoms with E-state index in [-0.39, 0.29) is 22.5 Å².